The van der Waals surface area contributed by atoms with Crippen molar-refractivity contribution in [2.24, 2.45) is 0 Å². The van der Waals surface area contributed by atoms with Gasteiger partial charge in [-0.05, 0) is 112 Å². The van der Waals surface area contributed by atoms with Crippen LogP contribution < -0.4 is 0 Å². The lowest BCUT2D eigenvalue weighted by Crippen LogP contribution is -2.01. The fourth-order valence-corrected chi connectivity index (χ4v) is 10.4. The third-order valence-electron chi connectivity index (χ3n) is 13.7. The molecular formula is C66H40N4. The van der Waals surface area contributed by atoms with E-state index in [0.717, 1.165) is 61.2 Å². The molecule has 0 saturated carbocycles. The molecule has 0 bridgehead atoms. The van der Waals surface area contributed by atoms with Crippen LogP contribution in [0.5, 0.6) is 0 Å². The minimum absolute atomic E-state index is 0.581. The summed E-state index contributed by atoms with van der Waals surface area (Å²) in [7, 11) is 0. The molecule has 4 heteroatoms. The molecule has 12 aromatic rings. The molecule has 1 aliphatic rings. The van der Waals surface area contributed by atoms with Gasteiger partial charge >= 0.3 is 0 Å². The number of benzene rings is 11. The van der Waals surface area contributed by atoms with Crippen molar-refractivity contribution in [3.63, 3.8) is 0 Å². The minimum atomic E-state index is 0.581. The van der Waals surface area contributed by atoms with Crippen molar-refractivity contribution in [1.29, 1.82) is 0 Å². The monoisotopic (exact) mass is 888 g/mol. The van der Waals surface area contributed by atoms with Gasteiger partial charge in [-0.1, -0.05) is 231 Å². The highest BCUT2D eigenvalue weighted by atomic mass is 15.0. The first kappa shape index (κ1) is 40.7. The second kappa shape index (κ2) is 16.9. The first-order valence-electron chi connectivity index (χ1n) is 23.5. The molecule has 0 atom stereocenters. The predicted molar refractivity (Wildman–Crippen MR) is 289 cm³/mol. The van der Waals surface area contributed by atoms with E-state index in [-0.39, 0.29) is 0 Å². The van der Waals surface area contributed by atoms with Crippen molar-refractivity contribution >= 4 is 27.2 Å². The van der Waals surface area contributed by atoms with Crippen LogP contribution >= 0.6 is 0 Å². The number of hydrogen-bond donors (Lipinski definition) is 0. The van der Waals surface area contributed by atoms with Crippen molar-refractivity contribution in [2.45, 2.75) is 0 Å². The Labute approximate surface area is 406 Å². The maximum Gasteiger partial charge on any atom is 0.195 e. The fourth-order valence-electron chi connectivity index (χ4n) is 10.4. The molecule has 11 aromatic carbocycles. The Balaban J connectivity index is 0.837. The molecule has 1 heterocycles. The molecule has 13 rings (SSSR count). The molecule has 0 spiro atoms. The van der Waals surface area contributed by atoms with E-state index >= 15 is 0 Å². The number of rotatable bonds is 8. The molecular weight excluding hydrogens is 849 g/mol. The molecule has 0 aliphatic heterocycles. The highest BCUT2D eigenvalue weighted by Crippen LogP contribution is 2.49. The molecule has 0 unspecified atom stereocenters. The predicted octanol–water partition coefficient (Wildman–Crippen LogP) is 17.7. The SMILES string of the molecule is [C-]#[N+]c1cccc(-c2ccc(-c3nc(-c4ccccc4)nc(-c4ccccc4-c4ccc5ccccc5c4)n3)cc2)c1-c1ccc(-c2cccc(-c3ccc4c5c(cccc35)-c3ccccc3-4)c2)cc1. The molecule has 0 fully saturated rings. The highest BCUT2D eigenvalue weighted by Gasteiger charge is 2.23. The average Bonchev–Trinajstić information content (AvgIpc) is 3.77. The van der Waals surface area contributed by atoms with Gasteiger partial charge in [-0.3, -0.25) is 0 Å². The number of aromatic nitrogens is 3. The van der Waals surface area contributed by atoms with Gasteiger partial charge in [0, 0.05) is 16.7 Å². The lowest BCUT2D eigenvalue weighted by atomic mass is 9.90. The second-order valence-electron chi connectivity index (χ2n) is 17.8. The first-order valence-corrected chi connectivity index (χ1v) is 23.5. The minimum Gasteiger partial charge on any atom is -0.237 e. The Morgan fingerprint density at radius 3 is 1.54 bits per heavy atom. The summed E-state index contributed by atoms with van der Waals surface area (Å²) in [6, 6.07) is 85.1. The summed E-state index contributed by atoms with van der Waals surface area (Å²) in [5.41, 5.74) is 19.2. The first-order chi connectivity index (χ1) is 34.6. The zero-order valence-corrected chi connectivity index (χ0v) is 37.9. The maximum absolute atomic E-state index is 8.24. The van der Waals surface area contributed by atoms with Crippen LogP contribution in [0.3, 0.4) is 0 Å². The van der Waals surface area contributed by atoms with Crippen molar-refractivity contribution in [1.82, 2.24) is 15.0 Å². The van der Waals surface area contributed by atoms with E-state index in [4.69, 9.17) is 21.5 Å². The van der Waals surface area contributed by atoms with Crippen LogP contribution in [-0.4, -0.2) is 15.0 Å². The number of hydrogen-bond acceptors (Lipinski definition) is 3. The summed E-state index contributed by atoms with van der Waals surface area (Å²) < 4.78 is 0. The Morgan fingerprint density at radius 1 is 0.271 bits per heavy atom. The van der Waals surface area contributed by atoms with Gasteiger partial charge < -0.3 is 0 Å². The maximum atomic E-state index is 8.24. The van der Waals surface area contributed by atoms with Crippen LogP contribution in [0.25, 0.3) is 138 Å². The third kappa shape index (κ3) is 7.04. The smallest absolute Gasteiger partial charge is 0.195 e. The molecule has 4 nitrogen and oxygen atoms in total. The van der Waals surface area contributed by atoms with Crippen LogP contribution in [0.1, 0.15) is 0 Å². The van der Waals surface area contributed by atoms with Crippen molar-refractivity contribution < 1.29 is 0 Å². The summed E-state index contributed by atoms with van der Waals surface area (Å²) in [6.45, 7) is 8.24. The molecule has 0 saturated heterocycles. The van der Waals surface area contributed by atoms with E-state index in [2.05, 4.69) is 199 Å². The van der Waals surface area contributed by atoms with Gasteiger partial charge in [0.05, 0.1) is 6.57 Å². The second-order valence-corrected chi connectivity index (χ2v) is 17.8. The van der Waals surface area contributed by atoms with Crippen molar-refractivity contribution in [3.8, 4) is 112 Å². The Hall–Kier alpha value is -9.56. The normalized spacial score (nSPS) is 11.4. The van der Waals surface area contributed by atoms with Gasteiger partial charge in [0.2, 0.25) is 0 Å². The molecule has 0 N–H and O–H groups in total. The standard InChI is InChI=1S/C66H40N4/c1-67-61-27-13-24-54(62(61)45-33-28-43(29-34-45)49-18-11-19-50(40-49)53-38-39-59-56-22-9-8-21-55(56)58-26-12-25-57(53)63(58)59)44-31-35-47(36-32-44)65-68-64(46-15-3-2-4-16-46)69-66(70-65)60-23-10-7-20-52(60)51-37-30-42-14-5-6-17-48(42)41-51/h2-41H. The largest absolute Gasteiger partial charge is 0.237 e. The average molecular weight is 889 g/mol. The summed E-state index contributed by atoms with van der Waals surface area (Å²) in [4.78, 5) is 19.3. The molecule has 0 radical (unpaired) electrons. The van der Waals surface area contributed by atoms with Gasteiger partial charge in [0.25, 0.3) is 0 Å². The van der Waals surface area contributed by atoms with E-state index in [0.29, 0.717) is 23.2 Å². The number of nitrogens with zero attached hydrogens (tertiary/aromatic N) is 4. The molecule has 70 heavy (non-hydrogen) atoms. The van der Waals surface area contributed by atoms with Crippen LogP contribution in [0, 0.1) is 6.57 Å². The number of fused-ring (bicyclic) bond motifs is 4. The molecule has 324 valence electrons. The van der Waals surface area contributed by atoms with E-state index in [1.807, 2.05) is 48.5 Å². The van der Waals surface area contributed by atoms with Crippen molar-refractivity contribution in [3.05, 3.63) is 254 Å². The van der Waals surface area contributed by atoms with Crippen LogP contribution in [0.4, 0.5) is 5.69 Å². The van der Waals surface area contributed by atoms with E-state index in [9.17, 15) is 0 Å². The summed E-state index contributed by atoms with van der Waals surface area (Å²) in [5.74, 6) is 1.79. The van der Waals surface area contributed by atoms with Gasteiger partial charge in [-0.15, -0.1) is 0 Å². The van der Waals surface area contributed by atoms with Gasteiger partial charge in [-0.25, -0.2) is 19.8 Å². The summed E-state index contributed by atoms with van der Waals surface area (Å²) >= 11 is 0. The molecule has 1 aromatic heterocycles. The Morgan fingerprint density at radius 2 is 0.771 bits per heavy atom. The molecule has 0 amide bonds. The van der Waals surface area contributed by atoms with Gasteiger partial charge in [0.15, 0.2) is 23.2 Å². The van der Waals surface area contributed by atoms with Gasteiger partial charge in [0.1, 0.15) is 0 Å². The van der Waals surface area contributed by atoms with Crippen LogP contribution in [0.15, 0.2) is 243 Å². The van der Waals surface area contributed by atoms with E-state index in [1.54, 1.807) is 0 Å². The Kier molecular flexibility index (Phi) is 9.85. The third-order valence-corrected chi connectivity index (χ3v) is 13.7. The van der Waals surface area contributed by atoms with E-state index in [1.165, 1.54) is 54.9 Å². The van der Waals surface area contributed by atoms with Gasteiger partial charge in [-0.2, -0.15) is 0 Å². The van der Waals surface area contributed by atoms with Crippen LogP contribution in [-0.2, 0) is 0 Å². The fraction of sp³-hybridized carbons (Fsp3) is 0. The quantitative estimate of drug-likeness (QED) is 0.143. The molecule has 1 aliphatic carbocycles. The topological polar surface area (TPSA) is 43.0 Å². The highest BCUT2D eigenvalue weighted by molar-refractivity contribution is 6.18. The van der Waals surface area contributed by atoms with Crippen molar-refractivity contribution in [2.75, 3.05) is 0 Å². The lowest BCUT2D eigenvalue weighted by Gasteiger charge is -2.15. The zero-order valence-electron chi connectivity index (χ0n) is 37.9. The summed E-state index contributed by atoms with van der Waals surface area (Å²) in [5, 5.41) is 4.97. The zero-order chi connectivity index (χ0) is 46.5. The summed E-state index contributed by atoms with van der Waals surface area (Å²) in [6.07, 6.45) is 0. The Bertz CT molecular complexity index is 4030. The lowest BCUT2D eigenvalue weighted by molar-refractivity contribution is 1.07. The van der Waals surface area contributed by atoms with Crippen LogP contribution in [0.2, 0.25) is 0 Å². The van der Waals surface area contributed by atoms with E-state index < -0.39 is 0 Å².